The summed E-state index contributed by atoms with van der Waals surface area (Å²) in [7, 11) is 0. The van der Waals surface area contributed by atoms with E-state index in [4.69, 9.17) is 0 Å². The number of aromatic nitrogens is 1. The lowest BCUT2D eigenvalue weighted by Crippen LogP contribution is -2.59. The van der Waals surface area contributed by atoms with Crippen LogP contribution in [0.1, 0.15) is 11.9 Å². The largest absolute Gasteiger partial charge is 0.388 e. The van der Waals surface area contributed by atoms with E-state index in [0.29, 0.717) is 0 Å². The second kappa shape index (κ2) is 3.52. The standard InChI is InChI=1S/C12H14N2OS/c1-12(15)7-14(8-12)6-11-13-9-4-2-3-5-10(9)16-11/h2-5,15H,6-8H2,1H3. The number of thiazole rings is 1. The van der Waals surface area contributed by atoms with Gasteiger partial charge in [0.25, 0.3) is 0 Å². The van der Waals surface area contributed by atoms with Crippen molar-refractivity contribution >= 4 is 21.6 Å². The van der Waals surface area contributed by atoms with E-state index in [9.17, 15) is 5.11 Å². The van der Waals surface area contributed by atoms with Crippen molar-refractivity contribution in [2.24, 2.45) is 0 Å². The van der Waals surface area contributed by atoms with Crippen molar-refractivity contribution in [2.45, 2.75) is 19.1 Å². The first-order chi connectivity index (χ1) is 7.62. The Morgan fingerprint density at radius 3 is 2.88 bits per heavy atom. The minimum absolute atomic E-state index is 0.489. The van der Waals surface area contributed by atoms with Gasteiger partial charge in [0.05, 0.1) is 22.4 Å². The lowest BCUT2D eigenvalue weighted by atomic mass is 9.97. The summed E-state index contributed by atoms with van der Waals surface area (Å²) in [5, 5.41) is 10.8. The van der Waals surface area contributed by atoms with E-state index >= 15 is 0 Å². The second-order valence-corrected chi connectivity index (χ2v) is 5.83. The van der Waals surface area contributed by atoms with E-state index in [1.807, 2.05) is 25.1 Å². The van der Waals surface area contributed by atoms with Crippen LogP contribution in [0.15, 0.2) is 24.3 Å². The molecule has 2 heterocycles. The molecule has 1 fully saturated rings. The molecule has 1 N–H and O–H groups in total. The van der Waals surface area contributed by atoms with E-state index in [-0.39, 0.29) is 0 Å². The van der Waals surface area contributed by atoms with Crippen LogP contribution in [0.4, 0.5) is 0 Å². The molecular weight excluding hydrogens is 220 g/mol. The van der Waals surface area contributed by atoms with Crippen molar-refractivity contribution < 1.29 is 5.11 Å². The molecule has 0 spiro atoms. The van der Waals surface area contributed by atoms with Gasteiger partial charge in [0.15, 0.2) is 0 Å². The average molecular weight is 234 g/mol. The van der Waals surface area contributed by atoms with Gasteiger partial charge >= 0.3 is 0 Å². The lowest BCUT2D eigenvalue weighted by molar-refractivity contribution is -0.0871. The first-order valence-corrected chi connectivity index (χ1v) is 6.23. The van der Waals surface area contributed by atoms with E-state index in [1.165, 1.54) is 4.70 Å². The minimum atomic E-state index is -0.489. The van der Waals surface area contributed by atoms with Crippen LogP contribution >= 0.6 is 11.3 Å². The monoisotopic (exact) mass is 234 g/mol. The summed E-state index contributed by atoms with van der Waals surface area (Å²) in [6, 6.07) is 8.20. The number of hydrogen-bond acceptors (Lipinski definition) is 4. The quantitative estimate of drug-likeness (QED) is 0.861. The number of β-amino-alcohol motifs (C(OH)–C–C–N with tert-alkyl or cyclic N) is 1. The Kier molecular flexibility index (Phi) is 2.24. The third-order valence-corrected chi connectivity index (χ3v) is 3.85. The fourth-order valence-corrected chi connectivity index (χ4v) is 3.22. The summed E-state index contributed by atoms with van der Waals surface area (Å²) in [5.41, 5.74) is 0.589. The minimum Gasteiger partial charge on any atom is -0.388 e. The molecule has 0 aliphatic carbocycles. The van der Waals surface area contributed by atoms with Crippen LogP contribution in [0.3, 0.4) is 0 Å². The number of hydrogen-bond donors (Lipinski definition) is 1. The van der Waals surface area contributed by atoms with Gasteiger partial charge in [-0.3, -0.25) is 4.90 Å². The number of nitrogens with zero attached hydrogens (tertiary/aromatic N) is 2. The molecule has 3 rings (SSSR count). The molecular formula is C12H14N2OS. The molecule has 1 aliphatic rings. The van der Waals surface area contributed by atoms with E-state index < -0.39 is 5.60 Å². The highest BCUT2D eigenvalue weighted by Crippen LogP contribution is 2.26. The van der Waals surface area contributed by atoms with E-state index in [0.717, 1.165) is 30.2 Å². The smallest absolute Gasteiger partial charge is 0.108 e. The van der Waals surface area contributed by atoms with Crippen molar-refractivity contribution in [2.75, 3.05) is 13.1 Å². The van der Waals surface area contributed by atoms with Crippen molar-refractivity contribution in [1.82, 2.24) is 9.88 Å². The normalized spacial score (nSPS) is 19.9. The Hall–Kier alpha value is -0.970. The van der Waals surface area contributed by atoms with Gasteiger partial charge in [-0.1, -0.05) is 12.1 Å². The van der Waals surface area contributed by atoms with Gasteiger partial charge < -0.3 is 5.11 Å². The molecule has 0 amide bonds. The van der Waals surface area contributed by atoms with Gasteiger partial charge in [-0.2, -0.15) is 0 Å². The SMILES string of the molecule is CC1(O)CN(Cc2nc3ccccc3s2)C1. The summed E-state index contributed by atoms with van der Waals surface area (Å²) in [6.45, 7) is 4.24. The second-order valence-electron chi connectivity index (χ2n) is 4.72. The van der Waals surface area contributed by atoms with Crippen molar-refractivity contribution in [3.05, 3.63) is 29.3 Å². The molecule has 0 radical (unpaired) electrons. The zero-order valence-corrected chi connectivity index (χ0v) is 10.00. The first-order valence-electron chi connectivity index (χ1n) is 5.42. The molecule has 16 heavy (non-hydrogen) atoms. The Bertz CT molecular complexity index is 479. The molecule has 0 bridgehead atoms. The van der Waals surface area contributed by atoms with Gasteiger partial charge in [-0.05, 0) is 19.1 Å². The van der Waals surface area contributed by atoms with Gasteiger partial charge in [-0.15, -0.1) is 11.3 Å². The molecule has 1 saturated heterocycles. The molecule has 1 aliphatic heterocycles. The Morgan fingerprint density at radius 1 is 1.44 bits per heavy atom. The number of fused-ring (bicyclic) bond motifs is 1. The first kappa shape index (κ1) is 10.2. The topological polar surface area (TPSA) is 36.4 Å². The maximum atomic E-state index is 9.64. The van der Waals surface area contributed by atoms with Gasteiger partial charge in [0.2, 0.25) is 0 Å². The molecule has 1 aromatic heterocycles. The predicted molar refractivity (Wildman–Crippen MR) is 65.5 cm³/mol. The number of rotatable bonds is 2. The van der Waals surface area contributed by atoms with E-state index in [1.54, 1.807) is 11.3 Å². The molecule has 4 heteroatoms. The van der Waals surface area contributed by atoms with Crippen LogP contribution in [0, 0.1) is 0 Å². The molecule has 3 nitrogen and oxygen atoms in total. The summed E-state index contributed by atoms with van der Waals surface area (Å²) < 4.78 is 1.24. The lowest BCUT2D eigenvalue weighted by Gasteiger charge is -2.43. The van der Waals surface area contributed by atoms with Gasteiger partial charge in [0.1, 0.15) is 5.01 Å². The van der Waals surface area contributed by atoms with Crippen LogP contribution in [0.2, 0.25) is 0 Å². The fraction of sp³-hybridized carbons (Fsp3) is 0.417. The Morgan fingerprint density at radius 2 is 2.19 bits per heavy atom. The molecule has 2 aromatic rings. The average Bonchev–Trinajstić information content (AvgIpc) is 2.56. The third-order valence-electron chi connectivity index (χ3n) is 2.83. The van der Waals surface area contributed by atoms with E-state index in [2.05, 4.69) is 16.0 Å². The number of benzene rings is 1. The summed E-state index contributed by atoms with van der Waals surface area (Å²) >= 11 is 1.74. The van der Waals surface area contributed by atoms with Gasteiger partial charge in [0, 0.05) is 13.1 Å². The Balaban J connectivity index is 1.76. The number of para-hydroxylation sites is 1. The molecule has 0 unspecified atom stereocenters. The highest BCUT2D eigenvalue weighted by atomic mass is 32.1. The summed E-state index contributed by atoms with van der Waals surface area (Å²) in [6.07, 6.45) is 0. The zero-order chi connectivity index (χ0) is 11.2. The maximum absolute atomic E-state index is 9.64. The van der Waals surface area contributed by atoms with Gasteiger partial charge in [-0.25, -0.2) is 4.98 Å². The summed E-state index contributed by atoms with van der Waals surface area (Å²) in [4.78, 5) is 6.80. The van der Waals surface area contributed by atoms with Crippen molar-refractivity contribution in [3.63, 3.8) is 0 Å². The molecule has 84 valence electrons. The zero-order valence-electron chi connectivity index (χ0n) is 9.18. The third kappa shape index (κ3) is 1.84. The molecule has 1 aromatic carbocycles. The summed E-state index contributed by atoms with van der Waals surface area (Å²) in [5.74, 6) is 0. The van der Waals surface area contributed by atoms with Crippen LogP contribution in [0.5, 0.6) is 0 Å². The predicted octanol–water partition coefficient (Wildman–Crippen LogP) is 1.86. The fourth-order valence-electron chi connectivity index (χ4n) is 2.21. The molecule has 0 atom stereocenters. The van der Waals surface area contributed by atoms with Crippen molar-refractivity contribution in [1.29, 1.82) is 0 Å². The van der Waals surface area contributed by atoms with Crippen LogP contribution in [-0.2, 0) is 6.54 Å². The van der Waals surface area contributed by atoms with Crippen molar-refractivity contribution in [3.8, 4) is 0 Å². The highest BCUT2D eigenvalue weighted by Gasteiger charge is 2.36. The molecule has 0 saturated carbocycles. The van der Waals surface area contributed by atoms with Crippen LogP contribution in [-0.4, -0.2) is 33.7 Å². The van der Waals surface area contributed by atoms with Crippen LogP contribution < -0.4 is 0 Å². The Labute approximate surface area is 98.3 Å². The van der Waals surface area contributed by atoms with Crippen LogP contribution in [0.25, 0.3) is 10.2 Å². The maximum Gasteiger partial charge on any atom is 0.108 e. The number of aliphatic hydroxyl groups is 1. The number of likely N-dealkylation sites (tertiary alicyclic amines) is 1. The highest BCUT2D eigenvalue weighted by molar-refractivity contribution is 7.18.